The van der Waals surface area contributed by atoms with Crippen molar-refractivity contribution in [2.75, 3.05) is 9.71 Å². The van der Waals surface area contributed by atoms with Crippen molar-refractivity contribution in [2.24, 2.45) is 0 Å². The third kappa shape index (κ3) is 4.27. The van der Waals surface area contributed by atoms with Crippen LogP contribution in [-0.2, 0) is 16.2 Å². The lowest BCUT2D eigenvalue weighted by molar-refractivity contribution is 0.195. The minimum absolute atomic E-state index is 0.0104. The summed E-state index contributed by atoms with van der Waals surface area (Å²) in [5.41, 5.74) is 17.1. The van der Waals surface area contributed by atoms with E-state index in [4.69, 9.17) is 0 Å². The predicted molar refractivity (Wildman–Crippen MR) is 241 cm³/mol. The lowest BCUT2D eigenvalue weighted by Gasteiger charge is -2.53. The van der Waals surface area contributed by atoms with Crippen molar-refractivity contribution in [1.82, 2.24) is 0 Å². The zero-order valence-electron chi connectivity index (χ0n) is 33.9. The van der Waals surface area contributed by atoms with Gasteiger partial charge >= 0.3 is 6.85 Å². The van der Waals surface area contributed by atoms with Gasteiger partial charge in [-0.15, -0.1) is 11.3 Å². The van der Waals surface area contributed by atoms with E-state index in [1.165, 1.54) is 118 Å². The van der Waals surface area contributed by atoms with Gasteiger partial charge in [-0.05, 0) is 111 Å². The topological polar surface area (TPSA) is 6.48 Å². The van der Waals surface area contributed by atoms with Crippen LogP contribution < -0.4 is 20.6 Å². The van der Waals surface area contributed by atoms with Gasteiger partial charge in [0.15, 0.2) is 0 Å². The number of hydrogen-bond donors (Lipinski definition) is 0. The number of anilines is 4. The van der Waals surface area contributed by atoms with Crippen molar-refractivity contribution >= 4 is 82.8 Å². The molecule has 1 fully saturated rings. The Labute approximate surface area is 331 Å². The Morgan fingerprint density at radius 2 is 1.42 bits per heavy atom. The maximum atomic E-state index is 2.89. The summed E-state index contributed by atoms with van der Waals surface area (Å²) in [4.78, 5) is 5.69. The Balaban J connectivity index is 1.35. The van der Waals surface area contributed by atoms with Crippen LogP contribution in [0.25, 0.3) is 42.1 Å². The second kappa shape index (κ2) is 10.9. The molecule has 0 saturated heterocycles. The molecule has 0 amide bonds. The SMILES string of the molecule is Cc1ccccc1N1B2c3cc(C(C)(C)C)cc4c3N(c3cc5ccccc5c(c32)-c2ccc3c(sc5ccc(C(C)(C)C)cc53)c21)C1(C)CCCCC41C. The van der Waals surface area contributed by atoms with E-state index in [1.807, 2.05) is 11.3 Å². The second-order valence-electron chi connectivity index (χ2n) is 19.7. The Kier molecular flexibility index (Phi) is 6.66. The van der Waals surface area contributed by atoms with Crippen molar-refractivity contribution < 1.29 is 0 Å². The molecule has 4 aliphatic rings. The Bertz CT molecular complexity index is 2810. The van der Waals surface area contributed by atoms with Gasteiger partial charge in [0.05, 0.1) is 15.9 Å². The van der Waals surface area contributed by atoms with Gasteiger partial charge in [-0.3, -0.25) is 0 Å². The Morgan fingerprint density at radius 3 is 2.20 bits per heavy atom. The summed E-state index contributed by atoms with van der Waals surface area (Å²) in [7, 11) is 0. The van der Waals surface area contributed by atoms with Crippen molar-refractivity contribution in [3.8, 4) is 11.1 Å². The van der Waals surface area contributed by atoms with Crippen LogP contribution in [-0.4, -0.2) is 12.4 Å². The number of aryl methyl sites for hydroxylation is 1. The maximum Gasteiger partial charge on any atom is 0.333 e. The number of thiophene rings is 1. The van der Waals surface area contributed by atoms with Crippen LogP contribution in [0.2, 0.25) is 0 Å². The summed E-state index contributed by atoms with van der Waals surface area (Å²) in [6, 6.07) is 38.4. The van der Waals surface area contributed by atoms with Gasteiger partial charge in [0, 0.05) is 43.5 Å². The highest BCUT2D eigenvalue weighted by Crippen LogP contribution is 2.63. The Hall–Kier alpha value is -4.54. The minimum Gasteiger partial charge on any atom is -0.375 e. The van der Waals surface area contributed by atoms with Crippen molar-refractivity contribution in [2.45, 2.75) is 110 Å². The van der Waals surface area contributed by atoms with E-state index in [2.05, 4.69) is 169 Å². The fraction of sp³-hybridized carbons (Fsp3) is 0.333. The molecule has 2 atom stereocenters. The van der Waals surface area contributed by atoms with E-state index in [9.17, 15) is 0 Å². The molecule has 2 unspecified atom stereocenters. The van der Waals surface area contributed by atoms with Crippen LogP contribution >= 0.6 is 11.3 Å². The number of para-hydroxylation sites is 1. The Morgan fingerprint density at radius 1 is 0.673 bits per heavy atom. The first-order valence-corrected chi connectivity index (χ1v) is 21.4. The smallest absolute Gasteiger partial charge is 0.333 e. The standard InChI is InChI=1S/C51H51BN2S/c1-30-16-10-13-19-40(30)54-45-36(22-21-35-37-27-32(48(2,3)4)20-23-42(37)55-47(35)45)43-34-18-12-11-17-31(34)26-41-44(43)52(54)39-29-33(49(5,6)7)28-38-46(39)53(41)51(9)25-15-14-24-50(38,51)8/h10-13,16-23,26-29H,14-15,24-25H2,1-9H3. The van der Waals surface area contributed by atoms with Crippen LogP contribution in [0.1, 0.15) is 103 Å². The zero-order valence-corrected chi connectivity index (χ0v) is 34.8. The summed E-state index contributed by atoms with van der Waals surface area (Å²) in [5, 5.41) is 5.43. The number of rotatable bonds is 1. The first-order chi connectivity index (χ1) is 26.2. The van der Waals surface area contributed by atoms with Gasteiger partial charge in [0.2, 0.25) is 0 Å². The van der Waals surface area contributed by atoms with Gasteiger partial charge in [-0.25, -0.2) is 0 Å². The van der Waals surface area contributed by atoms with Gasteiger partial charge in [-0.1, -0.05) is 134 Å². The van der Waals surface area contributed by atoms with Crippen LogP contribution in [0.15, 0.2) is 97.1 Å². The molecule has 11 rings (SSSR count). The van der Waals surface area contributed by atoms with Crippen LogP contribution in [0.4, 0.5) is 22.7 Å². The molecule has 4 heteroatoms. The molecule has 0 radical (unpaired) electrons. The molecule has 0 spiro atoms. The van der Waals surface area contributed by atoms with Gasteiger partial charge in [0.25, 0.3) is 0 Å². The number of nitrogens with zero attached hydrogens (tertiary/aromatic N) is 2. The maximum absolute atomic E-state index is 2.89. The highest BCUT2D eigenvalue weighted by Gasteiger charge is 2.62. The van der Waals surface area contributed by atoms with Crippen molar-refractivity contribution in [3.63, 3.8) is 0 Å². The van der Waals surface area contributed by atoms with E-state index < -0.39 is 0 Å². The number of benzene rings is 6. The second-order valence-corrected chi connectivity index (χ2v) is 20.8. The molecule has 7 aromatic rings. The van der Waals surface area contributed by atoms with E-state index in [1.54, 1.807) is 5.56 Å². The highest BCUT2D eigenvalue weighted by atomic mass is 32.1. The molecule has 55 heavy (non-hydrogen) atoms. The van der Waals surface area contributed by atoms with Gasteiger partial charge in [0.1, 0.15) is 0 Å². The minimum atomic E-state index is -0.0198. The van der Waals surface area contributed by atoms with Crippen LogP contribution in [0.3, 0.4) is 0 Å². The molecule has 274 valence electrons. The molecule has 1 aromatic heterocycles. The highest BCUT2D eigenvalue weighted by molar-refractivity contribution is 7.26. The summed E-state index contributed by atoms with van der Waals surface area (Å²) in [6.45, 7) is 21.8. The van der Waals surface area contributed by atoms with E-state index in [0.717, 1.165) is 0 Å². The van der Waals surface area contributed by atoms with Crippen molar-refractivity contribution in [3.05, 3.63) is 119 Å². The van der Waals surface area contributed by atoms with Gasteiger partial charge in [-0.2, -0.15) is 0 Å². The number of fused-ring (bicyclic) bond motifs is 13. The summed E-state index contributed by atoms with van der Waals surface area (Å²) in [6.07, 6.45) is 4.98. The molecular formula is C51H51BN2S. The van der Waals surface area contributed by atoms with E-state index in [0.29, 0.717) is 0 Å². The molecule has 0 bridgehead atoms. The molecule has 1 saturated carbocycles. The first kappa shape index (κ1) is 33.8. The molecule has 3 aliphatic heterocycles. The quantitative estimate of drug-likeness (QED) is 0.155. The lowest BCUT2D eigenvalue weighted by Crippen LogP contribution is -2.64. The van der Waals surface area contributed by atoms with Crippen molar-refractivity contribution in [1.29, 1.82) is 0 Å². The fourth-order valence-corrected chi connectivity index (χ4v) is 12.6. The van der Waals surface area contributed by atoms with Gasteiger partial charge < -0.3 is 9.71 Å². The third-order valence-electron chi connectivity index (χ3n) is 14.6. The predicted octanol–water partition coefficient (Wildman–Crippen LogP) is 13.1. The monoisotopic (exact) mass is 734 g/mol. The average molecular weight is 735 g/mol. The lowest BCUT2D eigenvalue weighted by atomic mass is 9.42. The molecule has 6 aromatic carbocycles. The van der Waals surface area contributed by atoms with E-state index in [-0.39, 0.29) is 28.6 Å². The molecular weight excluding hydrogens is 683 g/mol. The van der Waals surface area contributed by atoms with Crippen LogP contribution in [0, 0.1) is 6.92 Å². The zero-order chi connectivity index (χ0) is 38.0. The number of hydrogen-bond acceptors (Lipinski definition) is 3. The summed E-state index contributed by atoms with van der Waals surface area (Å²) in [5.74, 6) is 0. The first-order valence-electron chi connectivity index (χ1n) is 20.6. The fourth-order valence-electron chi connectivity index (χ4n) is 11.4. The normalized spacial score (nSPS) is 21.3. The summed E-state index contributed by atoms with van der Waals surface area (Å²) >= 11 is 1.98. The largest absolute Gasteiger partial charge is 0.375 e. The summed E-state index contributed by atoms with van der Waals surface area (Å²) < 4.78 is 2.75. The average Bonchev–Trinajstić information content (AvgIpc) is 3.63. The molecule has 4 heterocycles. The molecule has 0 N–H and O–H groups in total. The molecule has 1 aliphatic carbocycles. The van der Waals surface area contributed by atoms with E-state index >= 15 is 0 Å². The van der Waals surface area contributed by atoms with Crippen LogP contribution in [0.5, 0.6) is 0 Å². The third-order valence-corrected chi connectivity index (χ3v) is 15.8. The molecule has 2 nitrogen and oxygen atoms in total.